The van der Waals surface area contributed by atoms with Crippen molar-refractivity contribution in [3.8, 4) is 0 Å². The van der Waals surface area contributed by atoms with Crippen LogP contribution in [0.4, 0.5) is 23.0 Å². The van der Waals surface area contributed by atoms with Crippen LogP contribution in [0.25, 0.3) is 16.7 Å². The zero-order chi connectivity index (χ0) is 69.7. The molecule has 2 aromatic heterocycles. The van der Waals surface area contributed by atoms with Crippen LogP contribution < -0.4 is 32.1 Å². The van der Waals surface area contributed by atoms with Crippen molar-refractivity contribution in [3.63, 3.8) is 0 Å². The lowest BCUT2D eigenvalue weighted by molar-refractivity contribution is -0.438. The van der Waals surface area contributed by atoms with Gasteiger partial charge in [-0.1, -0.05) is 38.1 Å². The number of carboxylic acids is 1. The molecule has 0 fully saturated rings. The van der Waals surface area contributed by atoms with Gasteiger partial charge >= 0.3 is 5.97 Å². The normalized spacial score (nSPS) is 16.7. The second-order valence-electron chi connectivity index (χ2n) is 24.7. The Morgan fingerprint density at radius 2 is 1.36 bits per heavy atom. The van der Waals surface area contributed by atoms with Gasteiger partial charge in [0, 0.05) is 70.8 Å². The van der Waals surface area contributed by atoms with Gasteiger partial charge < -0.3 is 31.7 Å². The number of amides is 2. The highest BCUT2D eigenvalue weighted by Gasteiger charge is 2.45. The average Bonchev–Trinajstić information content (AvgIpc) is 1.59. The SMILES string of the molecule is CC1(C)C(/C=C/C2=C(c3ccc(C(=O)NCCCC[C@H](NC(=O)c4ccc(NCc5cnc6nc(N)[nH]c(=O)c6n5)cc4)C(=O)O)cc3)C(=C/C=C3/N(CCCCS(=O)(=O)O)c4ccc(S(=O)(=O)O)cc4C3(C)C)/CCC2)=[N+](CCCCS(=O)(=O)O)c2ccc(S(=O)(=O)O)cc21. The van der Waals surface area contributed by atoms with E-state index in [-0.39, 0.29) is 77.9 Å². The fraction of sp³-hybridized carbons (Fsp3) is 0.354. The monoisotopic (exact) mass is 1400 g/mol. The lowest BCUT2D eigenvalue weighted by Crippen LogP contribution is -2.40. The number of nitrogens with one attached hydrogen (secondary N) is 4. The summed E-state index contributed by atoms with van der Waals surface area (Å²) in [6.45, 7) is 8.48. The summed E-state index contributed by atoms with van der Waals surface area (Å²) >= 11 is 0. The van der Waals surface area contributed by atoms with Crippen LogP contribution in [-0.2, 0) is 62.6 Å². The zero-order valence-electron chi connectivity index (χ0n) is 52.9. The van der Waals surface area contributed by atoms with E-state index in [2.05, 4.69) is 35.9 Å². The summed E-state index contributed by atoms with van der Waals surface area (Å²) in [7, 11) is -17.8. The number of fused-ring (bicyclic) bond motifs is 3. The van der Waals surface area contributed by atoms with Gasteiger partial charge in [0.25, 0.3) is 57.8 Å². The van der Waals surface area contributed by atoms with Gasteiger partial charge in [0.05, 0.1) is 45.1 Å². The van der Waals surface area contributed by atoms with E-state index in [4.69, 9.17) is 5.73 Å². The third-order valence-corrected chi connectivity index (χ3v) is 20.5. The number of allylic oxidation sites excluding steroid dienone is 8. The Morgan fingerprint density at radius 1 is 0.729 bits per heavy atom. The molecule has 9 rings (SSSR count). The fourth-order valence-electron chi connectivity index (χ4n) is 12.3. The number of nitrogens with zero attached hydrogens (tertiary/aromatic N) is 5. The maximum Gasteiger partial charge on any atom is 0.326 e. The topological polar surface area (TPSA) is 429 Å². The van der Waals surface area contributed by atoms with Gasteiger partial charge in [-0.25, -0.2) is 14.8 Å². The largest absolute Gasteiger partial charge is 0.480 e. The Bertz CT molecular complexity index is 4760. The van der Waals surface area contributed by atoms with E-state index in [1.807, 2.05) is 73.6 Å². The van der Waals surface area contributed by atoms with E-state index in [0.29, 0.717) is 95.8 Å². The number of aliphatic carboxylic acids is 1. The van der Waals surface area contributed by atoms with Gasteiger partial charge in [-0.15, -0.1) is 0 Å². The molecule has 0 unspecified atom stereocenters. The van der Waals surface area contributed by atoms with Crippen LogP contribution in [0.2, 0.25) is 0 Å². The molecule has 0 saturated heterocycles. The number of anilines is 3. The van der Waals surface area contributed by atoms with E-state index in [9.17, 15) is 76.2 Å². The van der Waals surface area contributed by atoms with E-state index in [1.165, 1.54) is 42.6 Å². The highest BCUT2D eigenvalue weighted by molar-refractivity contribution is 7.86. The maximum absolute atomic E-state index is 13.8. The summed E-state index contributed by atoms with van der Waals surface area (Å²) in [5, 5.41) is 18.6. The Kier molecular flexibility index (Phi) is 21.5. The van der Waals surface area contributed by atoms with Crippen molar-refractivity contribution in [2.24, 2.45) is 0 Å². The van der Waals surface area contributed by atoms with Crippen LogP contribution in [0.15, 0.2) is 147 Å². The number of carboxylic acid groups (broad SMARTS) is 1. The highest BCUT2D eigenvalue weighted by atomic mass is 32.2. The zero-order valence-corrected chi connectivity index (χ0v) is 56.2. The van der Waals surface area contributed by atoms with Crippen LogP contribution >= 0.6 is 0 Å². The predicted octanol–water partition coefficient (Wildman–Crippen LogP) is 7.70. The molecule has 0 radical (unpaired) electrons. The second-order valence-corrected chi connectivity index (χ2v) is 30.7. The summed E-state index contributed by atoms with van der Waals surface area (Å²) in [5.41, 5.74) is 12.1. The van der Waals surface area contributed by atoms with Crippen molar-refractivity contribution in [1.29, 1.82) is 0 Å². The first-order valence-corrected chi connectivity index (χ1v) is 36.9. The van der Waals surface area contributed by atoms with Crippen molar-refractivity contribution < 1.29 is 75.9 Å². The molecule has 0 spiro atoms. The molecule has 510 valence electrons. The third kappa shape index (κ3) is 17.2. The van der Waals surface area contributed by atoms with E-state index in [1.54, 1.807) is 36.4 Å². The van der Waals surface area contributed by atoms with Crippen molar-refractivity contribution in [2.75, 3.05) is 47.1 Å². The summed E-state index contributed by atoms with van der Waals surface area (Å²) in [5.74, 6) is -3.29. The molecule has 27 nitrogen and oxygen atoms in total. The third-order valence-electron chi connectivity index (χ3n) is 17.2. The number of hydrogen-bond acceptors (Lipinski definition) is 18. The van der Waals surface area contributed by atoms with Crippen LogP contribution in [0.1, 0.15) is 135 Å². The summed E-state index contributed by atoms with van der Waals surface area (Å²) < 4.78 is 138. The molecule has 1 atom stereocenters. The molecule has 3 aliphatic rings. The van der Waals surface area contributed by atoms with Gasteiger partial charge in [-0.3, -0.25) is 37.6 Å². The molecular formula is C65H75N10O17S4+. The smallest absolute Gasteiger partial charge is 0.326 e. The number of nitrogens with two attached hydrogens (primary N) is 1. The predicted molar refractivity (Wildman–Crippen MR) is 361 cm³/mol. The lowest BCUT2D eigenvalue weighted by Gasteiger charge is -2.28. The summed E-state index contributed by atoms with van der Waals surface area (Å²) in [6, 6.07) is 20.6. The molecule has 96 heavy (non-hydrogen) atoms. The van der Waals surface area contributed by atoms with E-state index < -0.39 is 92.2 Å². The van der Waals surface area contributed by atoms with Gasteiger partial charge in [-0.05, 0) is 172 Å². The number of hydrogen-bond donors (Lipinski definition) is 10. The summed E-state index contributed by atoms with van der Waals surface area (Å²) in [6.07, 6.45) is 12.6. The molecule has 4 aromatic carbocycles. The lowest BCUT2D eigenvalue weighted by atomic mass is 9.79. The molecule has 1 aliphatic carbocycles. The number of aromatic nitrogens is 4. The van der Waals surface area contributed by atoms with E-state index in [0.717, 1.165) is 22.3 Å². The molecular weight excluding hydrogens is 1320 g/mol. The quantitative estimate of drug-likeness (QED) is 0.0128. The molecule has 6 aromatic rings. The number of carbonyl (C=O) groups excluding carboxylic acids is 2. The minimum Gasteiger partial charge on any atom is -0.480 e. The minimum atomic E-state index is -4.61. The Morgan fingerprint density at radius 3 is 2.02 bits per heavy atom. The Labute approximate surface area is 555 Å². The van der Waals surface area contributed by atoms with Crippen molar-refractivity contribution in [3.05, 3.63) is 176 Å². The van der Waals surface area contributed by atoms with Gasteiger partial charge in [0.2, 0.25) is 11.6 Å². The van der Waals surface area contributed by atoms with Crippen LogP contribution in [-0.4, -0.2) is 142 Å². The molecule has 4 heterocycles. The number of benzene rings is 4. The first kappa shape index (κ1) is 71.5. The van der Waals surface area contributed by atoms with Crippen LogP contribution in [0.3, 0.4) is 0 Å². The van der Waals surface area contributed by atoms with Gasteiger partial charge in [0.1, 0.15) is 12.6 Å². The number of carbonyl (C=O) groups is 3. The van der Waals surface area contributed by atoms with Gasteiger partial charge in [-0.2, -0.15) is 43.2 Å². The standard InChI is InChI=1S/C65H74N10O17S4/c1-64(2)49-36-47(95(87,88)89)25-27-52(49)74(32-7-9-34-93(81,82)83)54(64)29-21-40-12-11-13-41(22-30-55-65(3,4)50-37-48(96(90,91)92)26-28-53(50)75(55)33-8-10-35-94(84,85)86)56(40)42-15-17-43(18-16-42)59(76)67-31-6-5-14-51(62(79)80)71-60(77)44-19-23-45(24-20-44)68-38-46-39-69-58-57(70-46)61(78)73-63(66)72-58/h15-30,36-37,39,51H,5-14,31-35,38H2,1-4H3,(H10-,66,67,68,69,71,72,73,76,77,78,79,80,81,82,83,84,85,86,87,88,89,90,91,92)/p+1/t51-/m0/s1. The molecule has 11 N–H and O–H groups in total. The fourth-order valence-corrected chi connectivity index (χ4v) is 14.4. The molecule has 0 bridgehead atoms. The number of aromatic amines is 1. The Balaban J connectivity index is 0.951. The highest BCUT2D eigenvalue weighted by Crippen LogP contribution is 2.49. The van der Waals surface area contributed by atoms with Crippen molar-refractivity contribution in [1.82, 2.24) is 30.6 Å². The first-order valence-electron chi connectivity index (χ1n) is 30.8. The molecule has 2 amide bonds. The first-order chi connectivity index (χ1) is 45.1. The maximum atomic E-state index is 13.8. The second kappa shape index (κ2) is 28.9. The molecule has 2 aliphatic heterocycles. The average molecular weight is 1400 g/mol. The van der Waals surface area contributed by atoms with Crippen LogP contribution in [0.5, 0.6) is 0 Å². The molecule has 0 saturated carbocycles. The van der Waals surface area contributed by atoms with Gasteiger partial charge in [0.15, 0.2) is 16.9 Å². The number of unbranched alkanes of at least 4 members (excludes halogenated alkanes) is 3. The van der Waals surface area contributed by atoms with Crippen LogP contribution in [0, 0.1) is 0 Å². The Hall–Kier alpha value is -8.82. The number of H-pyrrole nitrogens is 1. The minimum absolute atomic E-state index is 0.0211. The van der Waals surface area contributed by atoms with Crippen molar-refractivity contribution in [2.45, 2.75) is 125 Å². The van der Waals surface area contributed by atoms with E-state index >= 15 is 0 Å². The molecule has 31 heteroatoms. The number of rotatable bonds is 28. The number of nitrogen functional groups attached to an aromatic ring is 1. The van der Waals surface area contributed by atoms with Crippen molar-refractivity contribution >= 4 is 104 Å². The summed E-state index contributed by atoms with van der Waals surface area (Å²) in [4.78, 5) is 67.7.